The van der Waals surface area contributed by atoms with Gasteiger partial charge in [-0.25, -0.2) is 9.78 Å². The standard InChI is InChI=1S/C15H17NO3S/c1-2-18-15(17)13-14(19-9-16-13)12-8-10-6-4-3-5-7-11(10)20-12/h8-9H,2-7H2,1H3. The van der Waals surface area contributed by atoms with E-state index in [0.29, 0.717) is 12.4 Å². The molecule has 0 aromatic carbocycles. The van der Waals surface area contributed by atoms with Crippen LogP contribution in [-0.4, -0.2) is 17.6 Å². The number of fused-ring (bicyclic) bond motifs is 1. The van der Waals surface area contributed by atoms with Crippen LogP contribution in [0.15, 0.2) is 16.9 Å². The molecule has 0 radical (unpaired) electrons. The lowest BCUT2D eigenvalue weighted by Gasteiger charge is -1.99. The van der Waals surface area contributed by atoms with Crippen molar-refractivity contribution in [2.24, 2.45) is 0 Å². The maximum Gasteiger partial charge on any atom is 0.361 e. The molecule has 0 saturated carbocycles. The number of carbonyl (C=O) groups is 1. The Kier molecular flexibility index (Phi) is 3.87. The fourth-order valence-electron chi connectivity index (χ4n) is 2.55. The first-order chi connectivity index (χ1) is 9.79. The summed E-state index contributed by atoms with van der Waals surface area (Å²) in [6, 6.07) is 2.15. The summed E-state index contributed by atoms with van der Waals surface area (Å²) in [6.07, 6.45) is 7.34. The Hall–Kier alpha value is -1.62. The molecule has 0 spiro atoms. The Morgan fingerprint density at radius 1 is 1.40 bits per heavy atom. The van der Waals surface area contributed by atoms with Gasteiger partial charge in [0.15, 0.2) is 17.8 Å². The largest absolute Gasteiger partial charge is 0.461 e. The average molecular weight is 291 g/mol. The molecule has 0 fully saturated rings. The van der Waals surface area contributed by atoms with Crippen molar-refractivity contribution < 1.29 is 13.9 Å². The fourth-order valence-corrected chi connectivity index (χ4v) is 3.79. The Bertz CT molecular complexity index is 591. The topological polar surface area (TPSA) is 52.3 Å². The van der Waals surface area contributed by atoms with E-state index in [0.717, 1.165) is 17.7 Å². The van der Waals surface area contributed by atoms with Crippen molar-refractivity contribution in [2.75, 3.05) is 6.61 Å². The molecule has 2 aromatic rings. The lowest BCUT2D eigenvalue weighted by Crippen LogP contribution is -2.06. The zero-order chi connectivity index (χ0) is 13.9. The van der Waals surface area contributed by atoms with Gasteiger partial charge in [-0.05, 0) is 44.2 Å². The minimum absolute atomic E-state index is 0.281. The van der Waals surface area contributed by atoms with Crippen LogP contribution in [0.4, 0.5) is 0 Å². The second-order valence-corrected chi connectivity index (χ2v) is 6.01. The van der Waals surface area contributed by atoms with E-state index in [4.69, 9.17) is 9.15 Å². The molecular formula is C15H17NO3S. The van der Waals surface area contributed by atoms with Gasteiger partial charge in [-0.15, -0.1) is 11.3 Å². The van der Waals surface area contributed by atoms with Crippen LogP contribution >= 0.6 is 11.3 Å². The summed E-state index contributed by atoms with van der Waals surface area (Å²) in [4.78, 5) is 18.3. The van der Waals surface area contributed by atoms with Crippen molar-refractivity contribution >= 4 is 17.3 Å². The van der Waals surface area contributed by atoms with E-state index >= 15 is 0 Å². The number of oxazole rings is 1. The predicted octanol–water partition coefficient (Wildman–Crippen LogP) is 3.85. The van der Waals surface area contributed by atoms with Gasteiger partial charge >= 0.3 is 5.97 Å². The number of ether oxygens (including phenoxy) is 1. The quantitative estimate of drug-likeness (QED) is 0.636. The third kappa shape index (κ3) is 2.50. The van der Waals surface area contributed by atoms with Crippen molar-refractivity contribution in [3.63, 3.8) is 0 Å². The molecule has 20 heavy (non-hydrogen) atoms. The molecule has 0 bridgehead atoms. The van der Waals surface area contributed by atoms with Gasteiger partial charge < -0.3 is 9.15 Å². The van der Waals surface area contributed by atoms with Gasteiger partial charge in [0.1, 0.15) is 0 Å². The van der Waals surface area contributed by atoms with Gasteiger partial charge in [-0.2, -0.15) is 0 Å². The molecule has 1 aliphatic rings. The molecule has 0 unspecified atom stereocenters. The molecule has 0 atom stereocenters. The number of nitrogens with zero attached hydrogens (tertiary/aromatic N) is 1. The summed E-state index contributed by atoms with van der Waals surface area (Å²) in [6.45, 7) is 2.12. The Morgan fingerprint density at radius 2 is 2.25 bits per heavy atom. The first-order valence-corrected chi connectivity index (χ1v) is 7.83. The number of hydrogen-bond donors (Lipinski definition) is 0. The van der Waals surface area contributed by atoms with Gasteiger partial charge in [-0.1, -0.05) is 6.42 Å². The summed E-state index contributed by atoms with van der Waals surface area (Å²) in [7, 11) is 0. The van der Waals surface area contributed by atoms with Gasteiger partial charge in [0, 0.05) is 4.88 Å². The van der Waals surface area contributed by atoms with Gasteiger partial charge in [-0.3, -0.25) is 0 Å². The number of rotatable bonds is 3. The molecule has 0 N–H and O–H groups in total. The maximum atomic E-state index is 11.9. The highest BCUT2D eigenvalue weighted by Crippen LogP contribution is 2.36. The highest BCUT2D eigenvalue weighted by Gasteiger charge is 2.22. The van der Waals surface area contributed by atoms with Crippen molar-refractivity contribution in [3.05, 3.63) is 28.6 Å². The zero-order valence-electron chi connectivity index (χ0n) is 11.5. The minimum Gasteiger partial charge on any atom is -0.461 e. The second kappa shape index (κ2) is 5.79. The monoisotopic (exact) mass is 291 g/mol. The van der Waals surface area contributed by atoms with Crippen LogP contribution in [0.5, 0.6) is 0 Å². The van der Waals surface area contributed by atoms with Crippen LogP contribution in [0.1, 0.15) is 47.1 Å². The first-order valence-electron chi connectivity index (χ1n) is 7.02. The molecule has 0 saturated heterocycles. The summed E-state index contributed by atoms with van der Waals surface area (Å²) in [5.41, 5.74) is 1.68. The Balaban J connectivity index is 1.94. The summed E-state index contributed by atoms with van der Waals surface area (Å²) < 4.78 is 10.4. The lowest BCUT2D eigenvalue weighted by atomic mass is 10.1. The summed E-state index contributed by atoms with van der Waals surface area (Å²) in [5.74, 6) is 0.126. The SMILES string of the molecule is CCOC(=O)c1ncoc1-c1cc2c(s1)CCCCC2. The normalized spacial score (nSPS) is 14.7. The molecule has 0 amide bonds. The van der Waals surface area contributed by atoms with Gasteiger partial charge in [0.2, 0.25) is 0 Å². The fraction of sp³-hybridized carbons (Fsp3) is 0.467. The molecule has 0 aliphatic heterocycles. The van der Waals surface area contributed by atoms with Gasteiger partial charge in [0.25, 0.3) is 0 Å². The molecule has 4 nitrogen and oxygen atoms in total. The van der Waals surface area contributed by atoms with Crippen molar-refractivity contribution in [1.82, 2.24) is 4.98 Å². The number of carbonyl (C=O) groups excluding carboxylic acids is 1. The van der Waals surface area contributed by atoms with E-state index < -0.39 is 5.97 Å². The molecule has 3 rings (SSSR count). The van der Waals surface area contributed by atoms with E-state index in [2.05, 4.69) is 11.1 Å². The highest BCUT2D eigenvalue weighted by atomic mass is 32.1. The highest BCUT2D eigenvalue weighted by molar-refractivity contribution is 7.15. The number of thiophene rings is 1. The maximum absolute atomic E-state index is 11.9. The minimum atomic E-state index is -0.417. The van der Waals surface area contributed by atoms with Crippen LogP contribution in [0, 0.1) is 0 Å². The van der Waals surface area contributed by atoms with E-state index in [1.807, 2.05) is 0 Å². The lowest BCUT2D eigenvalue weighted by molar-refractivity contribution is 0.0520. The molecule has 2 heterocycles. The van der Waals surface area contributed by atoms with Crippen LogP contribution < -0.4 is 0 Å². The van der Waals surface area contributed by atoms with E-state index in [1.165, 1.54) is 36.1 Å². The average Bonchev–Trinajstić information content (AvgIpc) is 3.01. The van der Waals surface area contributed by atoms with Crippen LogP contribution in [-0.2, 0) is 17.6 Å². The van der Waals surface area contributed by atoms with E-state index in [1.54, 1.807) is 18.3 Å². The number of esters is 1. The molecule has 5 heteroatoms. The second-order valence-electron chi connectivity index (χ2n) is 4.87. The van der Waals surface area contributed by atoms with Crippen molar-refractivity contribution in [2.45, 2.75) is 39.0 Å². The van der Waals surface area contributed by atoms with Gasteiger partial charge in [0.05, 0.1) is 11.5 Å². The Labute approximate surface area is 121 Å². The Morgan fingerprint density at radius 3 is 3.10 bits per heavy atom. The van der Waals surface area contributed by atoms with Crippen molar-refractivity contribution in [3.8, 4) is 10.6 Å². The molecule has 106 valence electrons. The van der Waals surface area contributed by atoms with E-state index in [9.17, 15) is 4.79 Å². The summed E-state index contributed by atoms with van der Waals surface area (Å²) >= 11 is 1.71. The van der Waals surface area contributed by atoms with Crippen LogP contribution in [0.3, 0.4) is 0 Å². The van der Waals surface area contributed by atoms with Crippen LogP contribution in [0.2, 0.25) is 0 Å². The third-order valence-corrected chi connectivity index (χ3v) is 4.74. The molecular weight excluding hydrogens is 274 g/mol. The third-order valence-electron chi connectivity index (χ3n) is 3.51. The predicted molar refractivity (Wildman–Crippen MR) is 77.0 cm³/mol. The van der Waals surface area contributed by atoms with Crippen LogP contribution in [0.25, 0.3) is 10.6 Å². The zero-order valence-corrected chi connectivity index (χ0v) is 12.3. The number of aryl methyl sites for hydroxylation is 2. The number of aromatic nitrogens is 1. The summed E-state index contributed by atoms with van der Waals surface area (Å²) in [5, 5.41) is 0. The first kappa shape index (κ1) is 13.4. The smallest absolute Gasteiger partial charge is 0.361 e. The number of hydrogen-bond acceptors (Lipinski definition) is 5. The molecule has 1 aliphatic carbocycles. The van der Waals surface area contributed by atoms with Crippen molar-refractivity contribution in [1.29, 1.82) is 0 Å². The molecule has 2 aromatic heterocycles. The van der Waals surface area contributed by atoms with E-state index in [-0.39, 0.29) is 5.69 Å².